The van der Waals surface area contributed by atoms with Crippen LogP contribution in [0.4, 0.5) is 0 Å². The van der Waals surface area contributed by atoms with E-state index in [1.165, 1.54) is 5.56 Å². The van der Waals surface area contributed by atoms with Crippen molar-refractivity contribution in [1.29, 1.82) is 0 Å². The fourth-order valence-corrected chi connectivity index (χ4v) is 1.87. The molecule has 21 heavy (non-hydrogen) atoms. The Bertz CT molecular complexity index is 396. The quantitative estimate of drug-likeness (QED) is 0.393. The third-order valence-corrected chi connectivity index (χ3v) is 2.90. The van der Waals surface area contributed by atoms with Gasteiger partial charge in [0, 0.05) is 26.3 Å². The minimum atomic E-state index is 0.174. The number of methoxy groups -OCH3 is 1. The van der Waals surface area contributed by atoms with Crippen LogP contribution < -0.4 is 11.1 Å². The molecule has 5 nitrogen and oxygen atoms in total. The van der Waals surface area contributed by atoms with E-state index < -0.39 is 0 Å². The third kappa shape index (κ3) is 9.05. The molecule has 1 atom stereocenters. The van der Waals surface area contributed by atoms with Crippen molar-refractivity contribution < 1.29 is 9.47 Å². The lowest BCUT2D eigenvalue weighted by molar-refractivity contribution is 0.117. The first kappa shape index (κ1) is 17.5. The Hall–Kier alpha value is -1.59. The molecule has 0 aliphatic heterocycles. The van der Waals surface area contributed by atoms with Gasteiger partial charge < -0.3 is 20.5 Å². The molecule has 1 rings (SSSR count). The van der Waals surface area contributed by atoms with Gasteiger partial charge in [-0.15, -0.1) is 0 Å². The molecule has 0 saturated heterocycles. The van der Waals surface area contributed by atoms with Crippen LogP contribution in [-0.2, 0) is 16.1 Å². The third-order valence-electron chi connectivity index (χ3n) is 2.90. The number of hydrogen-bond donors (Lipinski definition) is 2. The van der Waals surface area contributed by atoms with E-state index in [0.717, 1.165) is 19.4 Å². The van der Waals surface area contributed by atoms with E-state index >= 15 is 0 Å². The average molecular weight is 293 g/mol. The number of rotatable bonds is 10. The van der Waals surface area contributed by atoms with Crippen molar-refractivity contribution in [3.63, 3.8) is 0 Å². The molecule has 1 unspecified atom stereocenters. The topological polar surface area (TPSA) is 68.9 Å². The maximum absolute atomic E-state index is 5.77. The lowest BCUT2D eigenvalue weighted by atomic mass is 10.2. The number of ether oxygens (including phenoxy) is 2. The van der Waals surface area contributed by atoms with Gasteiger partial charge in [0.1, 0.15) is 0 Å². The largest absolute Gasteiger partial charge is 0.383 e. The number of aliphatic imine (C=N–C) groups is 1. The van der Waals surface area contributed by atoms with E-state index in [-0.39, 0.29) is 6.04 Å². The normalized spacial score (nSPS) is 13.1. The number of nitrogens with one attached hydrogen (secondary N) is 1. The Morgan fingerprint density at radius 3 is 2.76 bits per heavy atom. The van der Waals surface area contributed by atoms with Crippen molar-refractivity contribution in [3.05, 3.63) is 35.9 Å². The SMILES string of the molecule is COCC(C)NC(N)=NCCCCOCc1ccccc1. The summed E-state index contributed by atoms with van der Waals surface area (Å²) in [6.07, 6.45) is 1.95. The Balaban J connectivity index is 2.01. The van der Waals surface area contributed by atoms with E-state index in [4.69, 9.17) is 15.2 Å². The second kappa shape index (κ2) is 11.1. The van der Waals surface area contributed by atoms with Crippen LogP contribution in [0.3, 0.4) is 0 Å². The highest BCUT2D eigenvalue weighted by atomic mass is 16.5. The molecule has 0 bridgehead atoms. The lowest BCUT2D eigenvalue weighted by Crippen LogP contribution is -2.40. The average Bonchev–Trinajstić information content (AvgIpc) is 2.47. The maximum atomic E-state index is 5.77. The highest BCUT2D eigenvalue weighted by Crippen LogP contribution is 2.01. The van der Waals surface area contributed by atoms with Gasteiger partial charge in [0.05, 0.1) is 13.2 Å². The summed E-state index contributed by atoms with van der Waals surface area (Å²) in [5.41, 5.74) is 6.98. The van der Waals surface area contributed by atoms with Crippen molar-refractivity contribution in [2.75, 3.05) is 26.9 Å². The first-order valence-electron chi connectivity index (χ1n) is 7.39. The summed E-state index contributed by atoms with van der Waals surface area (Å²) in [5, 5.41) is 3.08. The maximum Gasteiger partial charge on any atom is 0.188 e. The highest BCUT2D eigenvalue weighted by molar-refractivity contribution is 5.78. The van der Waals surface area contributed by atoms with Crippen molar-refractivity contribution in [2.45, 2.75) is 32.4 Å². The first-order valence-corrected chi connectivity index (χ1v) is 7.39. The Morgan fingerprint density at radius 2 is 2.05 bits per heavy atom. The van der Waals surface area contributed by atoms with Crippen LogP contribution in [0.25, 0.3) is 0 Å². The minimum Gasteiger partial charge on any atom is -0.383 e. The van der Waals surface area contributed by atoms with Crippen molar-refractivity contribution in [2.24, 2.45) is 10.7 Å². The summed E-state index contributed by atoms with van der Waals surface area (Å²) >= 11 is 0. The standard InChI is InChI=1S/C16H27N3O2/c1-14(12-20-2)19-16(17)18-10-6-7-11-21-13-15-8-4-3-5-9-15/h3-5,8-9,14H,6-7,10-13H2,1-2H3,(H3,17,18,19). The molecular weight excluding hydrogens is 266 g/mol. The van der Waals surface area contributed by atoms with E-state index in [2.05, 4.69) is 22.4 Å². The van der Waals surface area contributed by atoms with Crippen LogP contribution in [0, 0.1) is 0 Å². The number of unbranched alkanes of at least 4 members (excludes halogenated alkanes) is 1. The molecule has 0 spiro atoms. The predicted octanol–water partition coefficient (Wildman–Crippen LogP) is 1.92. The van der Waals surface area contributed by atoms with Gasteiger partial charge in [0.15, 0.2) is 5.96 Å². The molecule has 0 aliphatic rings. The predicted molar refractivity (Wildman–Crippen MR) is 86.3 cm³/mol. The van der Waals surface area contributed by atoms with Gasteiger partial charge in [0.2, 0.25) is 0 Å². The van der Waals surface area contributed by atoms with Gasteiger partial charge in [-0.3, -0.25) is 4.99 Å². The molecule has 5 heteroatoms. The van der Waals surface area contributed by atoms with Crippen molar-refractivity contribution in [1.82, 2.24) is 5.32 Å². The highest BCUT2D eigenvalue weighted by Gasteiger charge is 2.00. The molecule has 1 aromatic carbocycles. The summed E-state index contributed by atoms with van der Waals surface area (Å²) < 4.78 is 10.6. The molecule has 0 aliphatic carbocycles. The smallest absolute Gasteiger partial charge is 0.188 e. The van der Waals surface area contributed by atoms with Gasteiger partial charge in [-0.1, -0.05) is 30.3 Å². The number of nitrogens with zero attached hydrogens (tertiary/aromatic N) is 1. The summed E-state index contributed by atoms with van der Waals surface area (Å²) in [6, 6.07) is 10.4. The molecule has 0 amide bonds. The van der Waals surface area contributed by atoms with E-state index in [1.54, 1.807) is 7.11 Å². The van der Waals surface area contributed by atoms with E-state index in [0.29, 0.717) is 25.7 Å². The van der Waals surface area contributed by atoms with E-state index in [1.807, 2.05) is 25.1 Å². The number of benzene rings is 1. The summed E-state index contributed by atoms with van der Waals surface area (Å²) in [4.78, 5) is 4.27. The fourth-order valence-electron chi connectivity index (χ4n) is 1.87. The molecule has 0 fully saturated rings. The lowest BCUT2D eigenvalue weighted by Gasteiger charge is -2.12. The number of nitrogens with two attached hydrogens (primary N) is 1. The van der Waals surface area contributed by atoms with Gasteiger partial charge in [-0.2, -0.15) is 0 Å². The van der Waals surface area contributed by atoms with Gasteiger partial charge in [-0.05, 0) is 25.3 Å². The van der Waals surface area contributed by atoms with Crippen LogP contribution in [0.2, 0.25) is 0 Å². The van der Waals surface area contributed by atoms with Gasteiger partial charge >= 0.3 is 0 Å². The van der Waals surface area contributed by atoms with E-state index in [9.17, 15) is 0 Å². The van der Waals surface area contributed by atoms with Crippen molar-refractivity contribution in [3.8, 4) is 0 Å². The molecule has 0 heterocycles. The summed E-state index contributed by atoms with van der Waals surface area (Å²) in [7, 11) is 1.67. The van der Waals surface area contributed by atoms with Crippen molar-refractivity contribution >= 4 is 5.96 Å². The Morgan fingerprint density at radius 1 is 1.29 bits per heavy atom. The molecule has 0 aromatic heterocycles. The zero-order valence-electron chi connectivity index (χ0n) is 13.0. The Kier molecular flexibility index (Phi) is 9.24. The second-order valence-corrected chi connectivity index (χ2v) is 5.01. The van der Waals surface area contributed by atoms with Crippen LogP contribution in [-0.4, -0.2) is 38.9 Å². The number of guanidine groups is 1. The van der Waals surface area contributed by atoms with Gasteiger partial charge in [0.25, 0.3) is 0 Å². The number of hydrogen-bond acceptors (Lipinski definition) is 3. The van der Waals surface area contributed by atoms with Gasteiger partial charge in [-0.25, -0.2) is 0 Å². The fraction of sp³-hybridized carbons (Fsp3) is 0.562. The monoisotopic (exact) mass is 293 g/mol. The molecule has 0 saturated carbocycles. The molecular formula is C16H27N3O2. The molecule has 0 radical (unpaired) electrons. The van der Waals surface area contributed by atoms with Crippen LogP contribution in [0.5, 0.6) is 0 Å². The molecule has 118 valence electrons. The second-order valence-electron chi connectivity index (χ2n) is 5.01. The first-order chi connectivity index (χ1) is 10.2. The molecule has 1 aromatic rings. The zero-order valence-corrected chi connectivity index (χ0v) is 13.0. The minimum absolute atomic E-state index is 0.174. The van der Waals surface area contributed by atoms with Crippen LogP contribution in [0.1, 0.15) is 25.3 Å². The Labute approximate surface area is 127 Å². The summed E-state index contributed by atoms with van der Waals surface area (Å²) in [5.74, 6) is 0.477. The zero-order chi connectivity index (χ0) is 15.3. The molecule has 3 N–H and O–H groups in total. The summed E-state index contributed by atoms with van der Waals surface area (Å²) in [6.45, 7) is 4.75. The van der Waals surface area contributed by atoms with Crippen LogP contribution >= 0.6 is 0 Å². The van der Waals surface area contributed by atoms with Crippen LogP contribution in [0.15, 0.2) is 35.3 Å².